The van der Waals surface area contributed by atoms with Crippen molar-refractivity contribution in [3.05, 3.63) is 77.5 Å². The molecule has 4 aromatic rings. The molecule has 0 spiro atoms. The highest BCUT2D eigenvalue weighted by atomic mass is 16.3. The summed E-state index contributed by atoms with van der Waals surface area (Å²) in [5.74, 6) is -0.611. The van der Waals surface area contributed by atoms with Crippen LogP contribution in [-0.2, 0) is 0 Å². The van der Waals surface area contributed by atoms with Crippen molar-refractivity contribution in [1.29, 1.82) is 5.26 Å². The zero-order chi connectivity index (χ0) is 21.1. The molecule has 146 valence electrons. The average molecular weight is 396 g/mol. The predicted octanol–water partition coefficient (Wildman–Crippen LogP) is 5.12. The summed E-state index contributed by atoms with van der Waals surface area (Å²) in [5, 5.41) is 38.6. The van der Waals surface area contributed by atoms with Gasteiger partial charge in [-0.2, -0.15) is 10.4 Å². The second kappa shape index (κ2) is 7.85. The van der Waals surface area contributed by atoms with Crippen LogP contribution in [0.1, 0.15) is 21.5 Å². The maximum absolute atomic E-state index is 12.9. The first kappa shape index (κ1) is 18.8. The molecule has 30 heavy (non-hydrogen) atoms. The van der Waals surface area contributed by atoms with Crippen LogP contribution in [0.4, 0.5) is 17.2 Å². The van der Waals surface area contributed by atoms with Gasteiger partial charge in [-0.3, -0.25) is 9.89 Å². The number of aromatic nitrogens is 2. The number of aryl methyl sites for hydroxylation is 1. The van der Waals surface area contributed by atoms with Crippen molar-refractivity contribution in [2.24, 2.45) is 10.2 Å². The molecule has 4 rings (SSSR count). The number of aromatic amines is 1. The minimum atomic E-state index is -0.469. The molecule has 3 aromatic carbocycles. The molecular weight excluding hydrogens is 380 g/mol. The van der Waals surface area contributed by atoms with Gasteiger partial charge in [-0.25, -0.2) is 0 Å². The Hall–Kier alpha value is -4.51. The quantitative estimate of drug-likeness (QED) is 0.414. The number of nitriles is 1. The van der Waals surface area contributed by atoms with Crippen LogP contribution >= 0.6 is 0 Å². The number of azo groups is 1. The van der Waals surface area contributed by atoms with Crippen LogP contribution in [0.3, 0.4) is 0 Å². The normalized spacial score (nSPS) is 10.9. The van der Waals surface area contributed by atoms with Gasteiger partial charge in [-0.15, -0.1) is 10.2 Å². The van der Waals surface area contributed by atoms with Crippen molar-refractivity contribution in [3.63, 3.8) is 0 Å². The minimum Gasteiger partial charge on any atom is -0.505 e. The van der Waals surface area contributed by atoms with E-state index in [0.29, 0.717) is 16.5 Å². The monoisotopic (exact) mass is 396 g/mol. The minimum absolute atomic E-state index is 0.0658. The van der Waals surface area contributed by atoms with Gasteiger partial charge in [0.1, 0.15) is 17.3 Å². The molecule has 0 aliphatic carbocycles. The molecular formula is C22H16N6O2. The summed E-state index contributed by atoms with van der Waals surface area (Å²) in [6.45, 7) is 1.88. The third kappa shape index (κ3) is 3.47. The standard InChI is InChI=1S/C22H16N6O2/c1-13-6-2-5-9-18(13)25-22(30)17-10-14-7-3-4-8-16(14)19(20(17)29)26-28-21-15(11-23)12-24-27-21/h2-10,12,29H,1H3,(H,24,27)(H,25,30). The molecule has 1 aromatic heterocycles. The molecule has 1 amide bonds. The van der Waals surface area contributed by atoms with Crippen LogP contribution in [0.2, 0.25) is 0 Å². The summed E-state index contributed by atoms with van der Waals surface area (Å²) in [4.78, 5) is 12.9. The second-order valence-corrected chi connectivity index (χ2v) is 6.56. The Kier molecular flexibility index (Phi) is 4.93. The largest absolute Gasteiger partial charge is 0.505 e. The maximum Gasteiger partial charge on any atom is 0.259 e. The molecule has 0 atom stereocenters. The number of phenols is 1. The van der Waals surface area contributed by atoms with E-state index in [2.05, 4.69) is 25.7 Å². The number of anilines is 1. The number of fused-ring (bicyclic) bond motifs is 1. The van der Waals surface area contributed by atoms with E-state index in [-0.39, 0.29) is 28.4 Å². The fraction of sp³-hybridized carbons (Fsp3) is 0.0455. The number of aromatic hydroxyl groups is 1. The number of amides is 1. The Morgan fingerprint density at radius 3 is 2.73 bits per heavy atom. The first-order chi connectivity index (χ1) is 14.6. The van der Waals surface area contributed by atoms with E-state index >= 15 is 0 Å². The molecule has 0 aliphatic rings. The van der Waals surface area contributed by atoms with Crippen LogP contribution in [0, 0.1) is 18.3 Å². The Morgan fingerprint density at radius 2 is 1.93 bits per heavy atom. The first-order valence-electron chi connectivity index (χ1n) is 9.05. The van der Waals surface area contributed by atoms with Gasteiger partial charge in [-0.05, 0) is 30.0 Å². The molecule has 0 saturated heterocycles. The second-order valence-electron chi connectivity index (χ2n) is 6.56. The molecule has 0 bridgehead atoms. The Morgan fingerprint density at radius 1 is 1.17 bits per heavy atom. The van der Waals surface area contributed by atoms with Gasteiger partial charge in [0.15, 0.2) is 11.6 Å². The van der Waals surface area contributed by atoms with Crippen LogP contribution in [0.5, 0.6) is 5.75 Å². The highest BCUT2D eigenvalue weighted by Gasteiger charge is 2.19. The molecule has 8 heteroatoms. The fourth-order valence-corrected chi connectivity index (χ4v) is 3.03. The number of nitrogens with zero attached hydrogens (tertiary/aromatic N) is 4. The molecule has 0 radical (unpaired) electrons. The van der Waals surface area contributed by atoms with Crippen molar-refractivity contribution in [2.45, 2.75) is 6.92 Å². The lowest BCUT2D eigenvalue weighted by Crippen LogP contribution is -2.13. The molecule has 8 nitrogen and oxygen atoms in total. The molecule has 1 heterocycles. The summed E-state index contributed by atoms with van der Waals surface area (Å²) in [7, 11) is 0. The zero-order valence-corrected chi connectivity index (χ0v) is 15.9. The number of para-hydroxylation sites is 1. The van der Waals surface area contributed by atoms with Crippen molar-refractivity contribution < 1.29 is 9.90 Å². The lowest BCUT2D eigenvalue weighted by Gasteiger charge is -2.12. The molecule has 0 unspecified atom stereocenters. The van der Waals surface area contributed by atoms with Crippen molar-refractivity contribution in [2.75, 3.05) is 5.32 Å². The lowest BCUT2D eigenvalue weighted by molar-refractivity contribution is 0.102. The Bertz CT molecular complexity index is 1330. The third-order valence-electron chi connectivity index (χ3n) is 4.62. The van der Waals surface area contributed by atoms with Crippen LogP contribution in [0.25, 0.3) is 10.8 Å². The number of H-pyrrole nitrogens is 1. The van der Waals surface area contributed by atoms with Gasteiger partial charge in [0.25, 0.3) is 5.91 Å². The SMILES string of the molecule is Cc1ccccc1NC(=O)c1cc2ccccc2c(N=Nc2[nH]ncc2C#N)c1O. The summed E-state index contributed by atoms with van der Waals surface area (Å²) in [5.41, 5.74) is 1.96. The highest BCUT2D eigenvalue weighted by Crippen LogP contribution is 2.39. The number of hydrogen-bond acceptors (Lipinski definition) is 6. The van der Waals surface area contributed by atoms with Gasteiger partial charge in [0.05, 0.1) is 11.8 Å². The number of carbonyl (C=O) groups excluding carboxylic acids is 1. The molecule has 0 aliphatic heterocycles. The zero-order valence-electron chi connectivity index (χ0n) is 15.9. The van der Waals surface area contributed by atoms with E-state index < -0.39 is 5.91 Å². The van der Waals surface area contributed by atoms with Crippen LogP contribution < -0.4 is 5.32 Å². The van der Waals surface area contributed by atoms with E-state index in [1.807, 2.05) is 43.3 Å². The topological polar surface area (TPSA) is 127 Å². The number of benzene rings is 3. The van der Waals surface area contributed by atoms with E-state index in [1.165, 1.54) is 6.20 Å². The van der Waals surface area contributed by atoms with Gasteiger partial charge < -0.3 is 10.4 Å². The van der Waals surface area contributed by atoms with Crippen LogP contribution in [-0.4, -0.2) is 21.2 Å². The lowest BCUT2D eigenvalue weighted by atomic mass is 10.0. The van der Waals surface area contributed by atoms with E-state index in [0.717, 1.165) is 5.56 Å². The summed E-state index contributed by atoms with van der Waals surface area (Å²) in [6.07, 6.45) is 1.33. The van der Waals surface area contributed by atoms with E-state index in [1.54, 1.807) is 24.3 Å². The van der Waals surface area contributed by atoms with Gasteiger partial charge in [0.2, 0.25) is 0 Å². The van der Waals surface area contributed by atoms with Gasteiger partial charge in [0, 0.05) is 11.1 Å². The number of carbonyl (C=O) groups is 1. The number of phenolic OH excluding ortho intramolecular Hbond substituents is 1. The van der Waals surface area contributed by atoms with Gasteiger partial charge >= 0.3 is 0 Å². The fourth-order valence-electron chi connectivity index (χ4n) is 3.03. The highest BCUT2D eigenvalue weighted by molar-refractivity contribution is 6.11. The first-order valence-corrected chi connectivity index (χ1v) is 9.05. The van der Waals surface area contributed by atoms with E-state index in [4.69, 9.17) is 5.26 Å². The number of nitrogens with one attached hydrogen (secondary N) is 2. The summed E-state index contributed by atoms with van der Waals surface area (Å²) < 4.78 is 0. The molecule has 0 fully saturated rings. The molecule has 0 saturated carbocycles. The predicted molar refractivity (Wildman–Crippen MR) is 112 cm³/mol. The summed E-state index contributed by atoms with van der Waals surface area (Å²) >= 11 is 0. The van der Waals surface area contributed by atoms with Crippen molar-refractivity contribution in [1.82, 2.24) is 10.2 Å². The number of hydrogen-bond donors (Lipinski definition) is 3. The third-order valence-corrected chi connectivity index (χ3v) is 4.62. The van der Waals surface area contributed by atoms with Crippen LogP contribution in [0.15, 0.2) is 71.0 Å². The van der Waals surface area contributed by atoms with E-state index in [9.17, 15) is 9.90 Å². The van der Waals surface area contributed by atoms with Crippen molar-refractivity contribution in [3.8, 4) is 11.8 Å². The Labute approximate surface area is 171 Å². The number of rotatable bonds is 4. The Balaban J connectivity index is 1.80. The summed E-state index contributed by atoms with van der Waals surface area (Å²) in [6, 6.07) is 18.1. The average Bonchev–Trinajstić information content (AvgIpc) is 3.22. The maximum atomic E-state index is 12.9. The molecule has 3 N–H and O–H groups in total. The van der Waals surface area contributed by atoms with Crippen molar-refractivity contribution >= 4 is 33.9 Å². The smallest absolute Gasteiger partial charge is 0.259 e. The van der Waals surface area contributed by atoms with Gasteiger partial charge in [-0.1, -0.05) is 42.5 Å².